The number of nitro groups is 1. The number of nitrogens with zero attached hydrogens (tertiary/aromatic N) is 3. The normalized spacial score (nSPS) is 15.6. The fourth-order valence-electron chi connectivity index (χ4n) is 3.14. The number of hydrogen-bond acceptors (Lipinski definition) is 6. The summed E-state index contributed by atoms with van der Waals surface area (Å²) in [5.41, 5.74) is 1.04. The van der Waals surface area contributed by atoms with Crippen molar-refractivity contribution in [3.8, 4) is 5.75 Å². The molecule has 2 aromatic rings. The summed E-state index contributed by atoms with van der Waals surface area (Å²) in [4.78, 5) is 17.3. The van der Waals surface area contributed by atoms with Crippen molar-refractivity contribution < 1.29 is 14.1 Å². The van der Waals surface area contributed by atoms with E-state index in [4.69, 9.17) is 4.74 Å². The van der Waals surface area contributed by atoms with Gasteiger partial charge in [-0.05, 0) is 25.0 Å². The average Bonchev–Trinajstić information content (AvgIpc) is 2.65. The summed E-state index contributed by atoms with van der Waals surface area (Å²) in [7, 11) is 1.34. The van der Waals surface area contributed by atoms with E-state index in [-0.39, 0.29) is 23.2 Å². The molecule has 0 saturated carbocycles. The summed E-state index contributed by atoms with van der Waals surface area (Å²) in [5, 5.41) is 14.4. The highest BCUT2D eigenvalue weighted by molar-refractivity contribution is 5.65. The maximum Gasteiger partial charge on any atom is 0.295 e. The molecule has 7 nitrogen and oxygen atoms in total. The molecule has 1 N–H and O–H groups in total. The number of halogens is 1. The number of rotatable bonds is 6. The minimum Gasteiger partial charge on any atom is -0.494 e. The lowest BCUT2D eigenvalue weighted by Crippen LogP contribution is -2.38. The van der Waals surface area contributed by atoms with Gasteiger partial charge in [0, 0.05) is 37.9 Å². The van der Waals surface area contributed by atoms with Crippen LogP contribution in [-0.2, 0) is 6.54 Å². The van der Waals surface area contributed by atoms with Crippen LogP contribution >= 0.6 is 0 Å². The van der Waals surface area contributed by atoms with Gasteiger partial charge in [0.15, 0.2) is 11.6 Å². The van der Waals surface area contributed by atoms with Crippen LogP contribution in [0.4, 0.5) is 15.8 Å². The molecule has 0 aliphatic carbocycles. The molecule has 1 aliphatic rings. The molecule has 1 saturated heterocycles. The van der Waals surface area contributed by atoms with Gasteiger partial charge in [0.25, 0.3) is 5.69 Å². The molecule has 3 rings (SSSR count). The van der Waals surface area contributed by atoms with Gasteiger partial charge in [-0.2, -0.15) is 0 Å². The Balaban J connectivity index is 1.63. The predicted octanol–water partition coefficient (Wildman–Crippen LogP) is 3.21. The summed E-state index contributed by atoms with van der Waals surface area (Å²) in [6.45, 7) is 2.51. The van der Waals surface area contributed by atoms with Crippen molar-refractivity contribution in [2.45, 2.75) is 25.4 Å². The molecule has 0 unspecified atom stereocenters. The molecule has 0 atom stereocenters. The van der Waals surface area contributed by atoms with Crippen LogP contribution in [0, 0.1) is 15.9 Å². The number of methoxy groups -OCH3 is 1. The summed E-state index contributed by atoms with van der Waals surface area (Å²) >= 11 is 0. The molecular weight excluding hydrogens is 339 g/mol. The van der Waals surface area contributed by atoms with Crippen molar-refractivity contribution in [2.24, 2.45) is 0 Å². The third-order valence-electron chi connectivity index (χ3n) is 4.53. The largest absolute Gasteiger partial charge is 0.494 e. The molecule has 8 heteroatoms. The van der Waals surface area contributed by atoms with Crippen LogP contribution in [0.1, 0.15) is 18.5 Å². The van der Waals surface area contributed by atoms with Crippen LogP contribution in [0.3, 0.4) is 0 Å². The molecule has 1 fully saturated rings. The van der Waals surface area contributed by atoms with Crippen LogP contribution in [0.5, 0.6) is 5.75 Å². The number of pyridine rings is 1. The lowest BCUT2D eigenvalue weighted by atomic mass is 10.0. The number of piperidine rings is 1. The number of anilines is 1. The Labute approximate surface area is 150 Å². The predicted molar refractivity (Wildman–Crippen MR) is 95.8 cm³/mol. The van der Waals surface area contributed by atoms with Gasteiger partial charge in [0.1, 0.15) is 5.69 Å². The van der Waals surface area contributed by atoms with Gasteiger partial charge in [-0.3, -0.25) is 20.0 Å². The molecule has 2 heterocycles. The van der Waals surface area contributed by atoms with E-state index in [9.17, 15) is 14.5 Å². The highest BCUT2D eigenvalue weighted by atomic mass is 19.1. The molecule has 1 aromatic carbocycles. The van der Waals surface area contributed by atoms with Crippen molar-refractivity contribution in [3.63, 3.8) is 0 Å². The lowest BCUT2D eigenvalue weighted by molar-refractivity contribution is -0.384. The number of hydrogen-bond donors (Lipinski definition) is 1. The van der Waals surface area contributed by atoms with Gasteiger partial charge < -0.3 is 10.1 Å². The summed E-state index contributed by atoms with van der Waals surface area (Å²) in [6.07, 6.45) is 3.46. The zero-order valence-electron chi connectivity index (χ0n) is 14.5. The first-order valence-corrected chi connectivity index (χ1v) is 8.47. The second-order valence-electron chi connectivity index (χ2n) is 6.28. The molecule has 0 amide bonds. The maximum absolute atomic E-state index is 13.8. The number of likely N-dealkylation sites (tertiary alicyclic amines) is 1. The second-order valence-corrected chi connectivity index (χ2v) is 6.28. The lowest BCUT2D eigenvalue weighted by Gasteiger charge is -2.32. The van der Waals surface area contributed by atoms with E-state index < -0.39 is 10.7 Å². The minimum atomic E-state index is -0.741. The first kappa shape index (κ1) is 18.1. The molecule has 26 heavy (non-hydrogen) atoms. The Morgan fingerprint density at radius 1 is 1.38 bits per heavy atom. The van der Waals surface area contributed by atoms with Gasteiger partial charge in [-0.15, -0.1) is 0 Å². The molecular formula is C18H21FN4O3. The van der Waals surface area contributed by atoms with Crippen LogP contribution < -0.4 is 10.1 Å². The van der Waals surface area contributed by atoms with E-state index in [1.807, 2.05) is 18.2 Å². The first-order chi connectivity index (χ1) is 12.6. The van der Waals surface area contributed by atoms with Gasteiger partial charge >= 0.3 is 0 Å². The SMILES string of the molecule is COc1cc(NC2CCN(Cc3ccccn3)CC2)c([N+](=O)[O-])cc1F. The van der Waals surface area contributed by atoms with Crippen LogP contribution in [0.15, 0.2) is 36.5 Å². The Morgan fingerprint density at radius 3 is 2.77 bits per heavy atom. The highest BCUT2D eigenvalue weighted by Crippen LogP contribution is 2.33. The van der Waals surface area contributed by atoms with Crippen LogP contribution in [-0.4, -0.2) is 41.0 Å². The topological polar surface area (TPSA) is 80.5 Å². The number of nitro benzene ring substituents is 1. The Bertz CT molecular complexity index is 765. The Kier molecular flexibility index (Phi) is 5.62. The van der Waals surface area contributed by atoms with E-state index in [1.54, 1.807) is 6.20 Å². The summed E-state index contributed by atoms with van der Waals surface area (Å²) in [6, 6.07) is 8.20. The quantitative estimate of drug-likeness (QED) is 0.629. The van der Waals surface area contributed by atoms with E-state index in [0.717, 1.165) is 44.2 Å². The number of nitrogens with one attached hydrogen (secondary N) is 1. The first-order valence-electron chi connectivity index (χ1n) is 8.47. The minimum absolute atomic E-state index is 0.00862. The highest BCUT2D eigenvalue weighted by Gasteiger charge is 2.24. The van der Waals surface area contributed by atoms with Crippen molar-refractivity contribution in [1.29, 1.82) is 0 Å². The number of benzene rings is 1. The third-order valence-corrected chi connectivity index (χ3v) is 4.53. The van der Waals surface area contributed by atoms with Gasteiger partial charge in [-0.25, -0.2) is 4.39 Å². The van der Waals surface area contributed by atoms with Crippen molar-refractivity contribution in [3.05, 3.63) is 58.2 Å². The Morgan fingerprint density at radius 2 is 2.15 bits per heavy atom. The monoisotopic (exact) mass is 360 g/mol. The van der Waals surface area contributed by atoms with Gasteiger partial charge in [0.05, 0.1) is 23.8 Å². The summed E-state index contributed by atoms with van der Waals surface area (Å²) < 4.78 is 18.7. The van der Waals surface area contributed by atoms with Crippen LogP contribution in [0.2, 0.25) is 0 Å². The average molecular weight is 360 g/mol. The van der Waals surface area contributed by atoms with E-state index >= 15 is 0 Å². The zero-order chi connectivity index (χ0) is 18.5. The van der Waals surface area contributed by atoms with E-state index in [2.05, 4.69) is 15.2 Å². The third kappa shape index (κ3) is 4.26. The molecule has 0 spiro atoms. The zero-order valence-corrected chi connectivity index (χ0v) is 14.5. The molecule has 138 valence electrons. The fourth-order valence-corrected chi connectivity index (χ4v) is 3.14. The van der Waals surface area contributed by atoms with Crippen molar-refractivity contribution >= 4 is 11.4 Å². The van der Waals surface area contributed by atoms with Crippen molar-refractivity contribution in [2.75, 3.05) is 25.5 Å². The van der Waals surface area contributed by atoms with E-state index in [1.165, 1.54) is 13.2 Å². The summed E-state index contributed by atoms with van der Waals surface area (Å²) in [5.74, 6) is -0.749. The molecule has 0 radical (unpaired) electrons. The van der Waals surface area contributed by atoms with Crippen LogP contribution in [0.25, 0.3) is 0 Å². The van der Waals surface area contributed by atoms with Crippen molar-refractivity contribution in [1.82, 2.24) is 9.88 Å². The van der Waals surface area contributed by atoms with Gasteiger partial charge in [0.2, 0.25) is 0 Å². The second kappa shape index (κ2) is 8.09. The van der Waals surface area contributed by atoms with E-state index in [0.29, 0.717) is 0 Å². The molecule has 1 aromatic heterocycles. The smallest absolute Gasteiger partial charge is 0.295 e. The standard InChI is InChI=1S/C18H21FN4O3/c1-26-18-11-16(17(23(24)25)10-15(18)19)21-13-5-8-22(9-6-13)12-14-4-2-3-7-20-14/h2-4,7,10-11,13,21H,5-6,8-9,12H2,1H3. The maximum atomic E-state index is 13.8. The molecule has 1 aliphatic heterocycles. The number of aromatic nitrogens is 1. The van der Waals surface area contributed by atoms with Gasteiger partial charge in [-0.1, -0.05) is 6.07 Å². The molecule has 0 bridgehead atoms. The number of ether oxygens (including phenoxy) is 1. The Hall–Kier alpha value is -2.74. The fraction of sp³-hybridized carbons (Fsp3) is 0.389.